The molecular weight excluding hydrogens is 158 g/mol. The van der Waals surface area contributed by atoms with E-state index in [-0.39, 0.29) is 11.9 Å². The maximum absolute atomic E-state index is 11.1. The molecule has 1 saturated heterocycles. The summed E-state index contributed by atoms with van der Waals surface area (Å²) in [5, 5.41) is 2.53. The Kier molecular flexibility index (Phi) is 2.08. The van der Waals surface area contributed by atoms with E-state index < -0.39 is 11.6 Å². The van der Waals surface area contributed by atoms with Gasteiger partial charge in [0.25, 0.3) is 0 Å². The van der Waals surface area contributed by atoms with Crippen LogP contribution in [0, 0.1) is 5.41 Å². The number of esters is 1. The zero-order valence-corrected chi connectivity index (χ0v) is 7.51. The van der Waals surface area contributed by atoms with Gasteiger partial charge >= 0.3 is 5.97 Å². The van der Waals surface area contributed by atoms with E-state index in [2.05, 4.69) is 5.32 Å². The smallest absolute Gasteiger partial charge is 0.304 e. The van der Waals surface area contributed by atoms with Gasteiger partial charge in [0.15, 0.2) is 6.23 Å². The van der Waals surface area contributed by atoms with Crippen molar-refractivity contribution >= 4 is 11.9 Å². The summed E-state index contributed by atoms with van der Waals surface area (Å²) in [6.07, 6.45) is 0.240. The monoisotopic (exact) mass is 171 g/mol. The molecule has 4 nitrogen and oxygen atoms in total. The van der Waals surface area contributed by atoms with E-state index in [1.54, 1.807) is 6.92 Å². The molecule has 0 spiro atoms. The third-order valence-corrected chi connectivity index (χ3v) is 2.38. The Morgan fingerprint density at radius 3 is 2.67 bits per heavy atom. The number of carbonyl (C=O) groups excluding carboxylic acids is 2. The molecule has 0 aromatic carbocycles. The van der Waals surface area contributed by atoms with Crippen LogP contribution in [-0.2, 0) is 14.3 Å². The Labute approximate surface area is 71.3 Å². The summed E-state index contributed by atoms with van der Waals surface area (Å²) in [6.45, 7) is 5.02. The fraction of sp³-hybridized carbons (Fsp3) is 0.750. The molecule has 1 aliphatic rings. The van der Waals surface area contributed by atoms with Crippen molar-refractivity contribution in [3.05, 3.63) is 0 Å². The zero-order chi connectivity index (χ0) is 9.35. The molecule has 2 unspecified atom stereocenters. The van der Waals surface area contributed by atoms with Gasteiger partial charge in [-0.3, -0.25) is 9.59 Å². The molecular formula is C8H13NO3. The Morgan fingerprint density at radius 1 is 1.75 bits per heavy atom. The van der Waals surface area contributed by atoms with Crippen LogP contribution in [0.4, 0.5) is 0 Å². The van der Waals surface area contributed by atoms with E-state index in [4.69, 9.17) is 4.74 Å². The minimum absolute atomic E-state index is 0.0451. The third kappa shape index (κ3) is 1.17. The van der Waals surface area contributed by atoms with Crippen molar-refractivity contribution in [1.82, 2.24) is 5.32 Å². The van der Waals surface area contributed by atoms with Gasteiger partial charge in [0.2, 0.25) is 5.91 Å². The highest BCUT2D eigenvalue weighted by Gasteiger charge is 2.52. The summed E-state index contributed by atoms with van der Waals surface area (Å²) in [6, 6.07) is 0. The van der Waals surface area contributed by atoms with E-state index in [0.717, 1.165) is 0 Å². The molecule has 1 heterocycles. The van der Waals surface area contributed by atoms with Gasteiger partial charge < -0.3 is 10.1 Å². The van der Waals surface area contributed by atoms with Crippen molar-refractivity contribution < 1.29 is 14.3 Å². The SMILES string of the molecule is CCC1(C)C(=O)NC1OC(C)=O. The largest absolute Gasteiger partial charge is 0.441 e. The minimum atomic E-state index is -0.522. The van der Waals surface area contributed by atoms with Crippen LogP contribution in [0.1, 0.15) is 27.2 Å². The number of hydrogen-bond donors (Lipinski definition) is 1. The second-order valence-corrected chi connectivity index (χ2v) is 3.23. The van der Waals surface area contributed by atoms with Crippen LogP contribution in [0.25, 0.3) is 0 Å². The van der Waals surface area contributed by atoms with Crippen molar-refractivity contribution in [2.75, 3.05) is 0 Å². The van der Waals surface area contributed by atoms with Crippen LogP contribution in [0.5, 0.6) is 0 Å². The summed E-state index contributed by atoms with van der Waals surface area (Å²) in [5.74, 6) is -0.407. The first-order valence-electron chi connectivity index (χ1n) is 3.99. The summed E-state index contributed by atoms with van der Waals surface area (Å²) in [4.78, 5) is 21.7. The van der Waals surface area contributed by atoms with Crippen LogP contribution >= 0.6 is 0 Å². The fourth-order valence-corrected chi connectivity index (χ4v) is 1.16. The highest BCUT2D eigenvalue weighted by atomic mass is 16.6. The van der Waals surface area contributed by atoms with Gasteiger partial charge in [-0.1, -0.05) is 6.92 Å². The molecule has 0 bridgehead atoms. The maximum Gasteiger partial charge on any atom is 0.304 e. The number of carbonyl (C=O) groups is 2. The van der Waals surface area contributed by atoms with E-state index in [0.29, 0.717) is 6.42 Å². The number of ether oxygens (including phenoxy) is 1. The van der Waals surface area contributed by atoms with Crippen LogP contribution in [0.3, 0.4) is 0 Å². The first-order chi connectivity index (χ1) is 5.50. The lowest BCUT2D eigenvalue weighted by atomic mass is 9.78. The summed E-state index contributed by atoms with van der Waals surface area (Å²) in [5.41, 5.74) is -0.522. The van der Waals surface area contributed by atoms with Gasteiger partial charge in [-0.05, 0) is 13.3 Å². The third-order valence-electron chi connectivity index (χ3n) is 2.38. The Balaban J connectivity index is 2.60. The average Bonchev–Trinajstić information content (AvgIpc) is 2.02. The van der Waals surface area contributed by atoms with Crippen molar-refractivity contribution in [1.29, 1.82) is 0 Å². The molecule has 0 aromatic rings. The molecule has 1 fully saturated rings. The highest BCUT2D eigenvalue weighted by molar-refractivity contribution is 5.89. The van der Waals surface area contributed by atoms with E-state index in [9.17, 15) is 9.59 Å². The quantitative estimate of drug-likeness (QED) is 0.484. The molecule has 0 aromatic heterocycles. The van der Waals surface area contributed by atoms with Gasteiger partial charge in [0.1, 0.15) is 5.41 Å². The Bertz CT molecular complexity index is 226. The summed E-state index contributed by atoms with van der Waals surface area (Å²) < 4.78 is 4.89. The second-order valence-electron chi connectivity index (χ2n) is 3.23. The molecule has 0 saturated carbocycles. The van der Waals surface area contributed by atoms with Gasteiger partial charge in [-0.15, -0.1) is 0 Å². The summed E-state index contributed by atoms with van der Waals surface area (Å²) >= 11 is 0. The number of rotatable bonds is 2. The number of β-lactam (4-membered cyclic amide) rings is 1. The van der Waals surface area contributed by atoms with Crippen molar-refractivity contribution in [3.8, 4) is 0 Å². The van der Waals surface area contributed by atoms with E-state index >= 15 is 0 Å². The standard InChI is InChI=1S/C8H13NO3/c1-4-8(3)6(11)9-7(8)12-5(2)10/h7H,4H2,1-3H3,(H,9,11). The van der Waals surface area contributed by atoms with Gasteiger partial charge in [0.05, 0.1) is 0 Å². The number of amides is 1. The maximum atomic E-state index is 11.1. The average molecular weight is 171 g/mol. The molecule has 1 N–H and O–H groups in total. The molecule has 0 radical (unpaired) electrons. The van der Waals surface area contributed by atoms with Crippen LogP contribution in [0.2, 0.25) is 0 Å². The van der Waals surface area contributed by atoms with Crippen molar-refractivity contribution in [2.24, 2.45) is 5.41 Å². The Hall–Kier alpha value is -1.06. The molecule has 12 heavy (non-hydrogen) atoms. The molecule has 2 atom stereocenters. The van der Waals surface area contributed by atoms with Crippen LogP contribution in [0.15, 0.2) is 0 Å². The summed E-state index contributed by atoms with van der Waals surface area (Å²) in [7, 11) is 0. The lowest BCUT2D eigenvalue weighted by molar-refractivity contribution is -0.180. The van der Waals surface area contributed by atoms with Gasteiger partial charge in [-0.25, -0.2) is 0 Å². The molecule has 68 valence electrons. The molecule has 0 aliphatic carbocycles. The second kappa shape index (κ2) is 2.77. The first-order valence-corrected chi connectivity index (χ1v) is 3.99. The predicted octanol–water partition coefficient (Wildman–Crippen LogP) is 0.422. The Morgan fingerprint density at radius 2 is 2.33 bits per heavy atom. The highest BCUT2D eigenvalue weighted by Crippen LogP contribution is 2.34. The predicted molar refractivity (Wildman–Crippen MR) is 42.1 cm³/mol. The fourth-order valence-electron chi connectivity index (χ4n) is 1.16. The van der Waals surface area contributed by atoms with Gasteiger partial charge in [0, 0.05) is 6.92 Å². The van der Waals surface area contributed by atoms with Crippen molar-refractivity contribution in [3.63, 3.8) is 0 Å². The topological polar surface area (TPSA) is 55.4 Å². The van der Waals surface area contributed by atoms with Crippen LogP contribution < -0.4 is 5.32 Å². The normalized spacial score (nSPS) is 33.6. The lowest BCUT2D eigenvalue weighted by Crippen LogP contribution is -2.66. The van der Waals surface area contributed by atoms with Crippen molar-refractivity contribution in [2.45, 2.75) is 33.4 Å². The molecule has 1 rings (SSSR count). The molecule has 4 heteroatoms. The van der Waals surface area contributed by atoms with E-state index in [1.165, 1.54) is 6.92 Å². The number of nitrogens with one attached hydrogen (secondary N) is 1. The first kappa shape index (κ1) is 9.03. The van der Waals surface area contributed by atoms with Gasteiger partial charge in [-0.2, -0.15) is 0 Å². The molecule has 1 amide bonds. The molecule has 1 aliphatic heterocycles. The van der Waals surface area contributed by atoms with Crippen LogP contribution in [-0.4, -0.2) is 18.1 Å². The van der Waals surface area contributed by atoms with E-state index in [1.807, 2.05) is 6.92 Å². The lowest BCUT2D eigenvalue weighted by Gasteiger charge is -2.44. The minimum Gasteiger partial charge on any atom is -0.441 e. The number of hydrogen-bond acceptors (Lipinski definition) is 3. The zero-order valence-electron chi connectivity index (χ0n) is 7.51.